The fourth-order valence-electron chi connectivity index (χ4n) is 2.79. The number of hydrogen-bond donors (Lipinski definition) is 0. The molecule has 2 atom stereocenters. The second kappa shape index (κ2) is 5.55. The molecular formula is C17H20NOP. The summed E-state index contributed by atoms with van der Waals surface area (Å²) in [7, 11) is -2.64. The van der Waals surface area contributed by atoms with E-state index in [2.05, 4.69) is 11.6 Å². The van der Waals surface area contributed by atoms with Crippen molar-refractivity contribution >= 4 is 17.9 Å². The highest BCUT2D eigenvalue weighted by Crippen LogP contribution is 2.55. The van der Waals surface area contributed by atoms with Crippen molar-refractivity contribution in [2.75, 3.05) is 6.54 Å². The average molecular weight is 285 g/mol. The van der Waals surface area contributed by atoms with Crippen LogP contribution in [0.3, 0.4) is 0 Å². The zero-order chi connectivity index (χ0) is 14.0. The molecular weight excluding hydrogens is 265 g/mol. The van der Waals surface area contributed by atoms with Crippen molar-refractivity contribution in [1.29, 1.82) is 0 Å². The van der Waals surface area contributed by atoms with Gasteiger partial charge in [0.25, 0.3) is 0 Å². The van der Waals surface area contributed by atoms with Crippen LogP contribution in [0, 0.1) is 0 Å². The summed E-state index contributed by atoms with van der Waals surface area (Å²) in [6.07, 6.45) is 2.27. The summed E-state index contributed by atoms with van der Waals surface area (Å²) in [5.74, 6) is 0. The van der Waals surface area contributed by atoms with Crippen LogP contribution in [-0.4, -0.2) is 17.3 Å². The third kappa shape index (κ3) is 2.34. The van der Waals surface area contributed by atoms with Gasteiger partial charge in [0.15, 0.2) is 0 Å². The summed E-state index contributed by atoms with van der Waals surface area (Å²) >= 11 is 0. The Bertz CT molecular complexity index is 568. The van der Waals surface area contributed by atoms with Crippen molar-refractivity contribution in [3.63, 3.8) is 0 Å². The maximum Gasteiger partial charge on any atom is 0.207 e. The molecule has 2 aromatic carbocycles. The van der Waals surface area contributed by atoms with Gasteiger partial charge in [-0.05, 0) is 30.7 Å². The maximum absolute atomic E-state index is 13.8. The lowest BCUT2D eigenvalue weighted by atomic mass is 10.3. The van der Waals surface area contributed by atoms with Crippen LogP contribution < -0.4 is 10.6 Å². The van der Waals surface area contributed by atoms with Gasteiger partial charge >= 0.3 is 0 Å². The molecule has 0 spiro atoms. The SMILES string of the molecule is CCC[C@@H]1CN1P(=O)(c1ccccc1)c1ccccc1. The van der Waals surface area contributed by atoms with Crippen LogP contribution in [0.1, 0.15) is 19.8 Å². The van der Waals surface area contributed by atoms with Gasteiger partial charge in [0.1, 0.15) is 0 Å². The Balaban J connectivity index is 2.03. The number of rotatable bonds is 5. The third-order valence-electron chi connectivity index (χ3n) is 3.88. The standard InChI is InChI=1S/C17H20NOP/c1-2-9-15-14-18(15)20(19,16-10-5-3-6-11-16)17-12-7-4-8-13-17/h3-8,10-13,15H,2,9,14H2,1H3/t15-,18?/m1/s1. The topological polar surface area (TPSA) is 20.1 Å². The Hall–Kier alpha value is -1.37. The smallest absolute Gasteiger partial charge is 0.207 e. The normalized spacial score (nSPS) is 21.6. The summed E-state index contributed by atoms with van der Waals surface area (Å²) in [5.41, 5.74) is 0. The van der Waals surface area contributed by atoms with E-state index in [-0.39, 0.29) is 0 Å². The number of nitrogens with zero attached hydrogens (tertiary/aromatic N) is 1. The molecule has 3 heteroatoms. The van der Waals surface area contributed by atoms with Crippen LogP contribution >= 0.6 is 7.29 Å². The molecule has 1 heterocycles. The lowest BCUT2D eigenvalue weighted by Crippen LogP contribution is -2.22. The minimum absolute atomic E-state index is 0.478. The van der Waals surface area contributed by atoms with Crippen molar-refractivity contribution in [2.24, 2.45) is 0 Å². The lowest BCUT2D eigenvalue weighted by molar-refractivity contribution is 0.553. The molecule has 1 unspecified atom stereocenters. The maximum atomic E-state index is 13.8. The first-order valence-electron chi connectivity index (χ1n) is 7.25. The Morgan fingerprint density at radius 2 is 1.50 bits per heavy atom. The van der Waals surface area contributed by atoms with Gasteiger partial charge in [-0.2, -0.15) is 0 Å². The molecule has 2 aromatic rings. The van der Waals surface area contributed by atoms with Crippen molar-refractivity contribution in [3.05, 3.63) is 60.7 Å². The van der Waals surface area contributed by atoms with E-state index >= 15 is 0 Å². The predicted octanol–water partition coefficient (Wildman–Crippen LogP) is 3.40. The lowest BCUT2D eigenvalue weighted by Gasteiger charge is -2.21. The van der Waals surface area contributed by atoms with Gasteiger partial charge in [-0.1, -0.05) is 49.7 Å². The van der Waals surface area contributed by atoms with Crippen molar-refractivity contribution in [2.45, 2.75) is 25.8 Å². The van der Waals surface area contributed by atoms with Gasteiger partial charge < -0.3 is 0 Å². The second-order valence-corrected chi connectivity index (χ2v) is 8.01. The zero-order valence-electron chi connectivity index (χ0n) is 11.8. The van der Waals surface area contributed by atoms with Crippen LogP contribution in [0.15, 0.2) is 60.7 Å². The van der Waals surface area contributed by atoms with E-state index in [0.29, 0.717) is 6.04 Å². The molecule has 104 valence electrons. The van der Waals surface area contributed by atoms with Crippen molar-refractivity contribution in [3.8, 4) is 0 Å². The molecule has 0 N–H and O–H groups in total. The van der Waals surface area contributed by atoms with Gasteiger partial charge in [0.2, 0.25) is 7.29 Å². The first kappa shape index (κ1) is 13.6. The highest BCUT2D eigenvalue weighted by atomic mass is 31.2. The first-order chi connectivity index (χ1) is 9.76. The Morgan fingerprint density at radius 1 is 1.00 bits per heavy atom. The van der Waals surface area contributed by atoms with E-state index in [9.17, 15) is 4.57 Å². The molecule has 0 bridgehead atoms. The van der Waals surface area contributed by atoms with Gasteiger partial charge in [0, 0.05) is 23.2 Å². The fraction of sp³-hybridized carbons (Fsp3) is 0.294. The molecule has 3 rings (SSSR count). The van der Waals surface area contributed by atoms with Crippen LogP contribution in [0.5, 0.6) is 0 Å². The third-order valence-corrected chi connectivity index (χ3v) is 7.09. The Morgan fingerprint density at radius 3 is 1.95 bits per heavy atom. The molecule has 20 heavy (non-hydrogen) atoms. The van der Waals surface area contributed by atoms with Gasteiger partial charge in [0.05, 0.1) is 0 Å². The molecule has 2 nitrogen and oxygen atoms in total. The summed E-state index contributed by atoms with van der Waals surface area (Å²) in [6.45, 7) is 3.14. The molecule has 1 aliphatic rings. The van der Waals surface area contributed by atoms with Gasteiger partial charge in [-0.15, -0.1) is 0 Å². The van der Waals surface area contributed by atoms with E-state index in [4.69, 9.17) is 0 Å². The minimum atomic E-state index is -2.64. The number of hydrogen-bond acceptors (Lipinski definition) is 1. The van der Waals surface area contributed by atoms with Gasteiger partial charge in [-0.3, -0.25) is 4.57 Å². The molecule has 0 aromatic heterocycles. The molecule has 0 aliphatic carbocycles. The van der Waals surface area contributed by atoms with E-state index < -0.39 is 7.29 Å². The Kier molecular flexibility index (Phi) is 3.78. The van der Waals surface area contributed by atoms with Crippen LogP contribution in [0.4, 0.5) is 0 Å². The fourth-order valence-corrected chi connectivity index (χ4v) is 5.83. The molecule has 0 radical (unpaired) electrons. The highest BCUT2D eigenvalue weighted by molar-refractivity contribution is 7.76. The average Bonchev–Trinajstić information content (AvgIpc) is 3.28. The van der Waals surface area contributed by atoms with E-state index in [1.807, 2.05) is 60.7 Å². The van der Waals surface area contributed by atoms with Crippen LogP contribution in [0.2, 0.25) is 0 Å². The zero-order valence-corrected chi connectivity index (χ0v) is 12.7. The Labute approximate surface area is 120 Å². The van der Waals surface area contributed by atoms with E-state index in [0.717, 1.165) is 30.0 Å². The summed E-state index contributed by atoms with van der Waals surface area (Å²) < 4.78 is 16.0. The van der Waals surface area contributed by atoms with Crippen molar-refractivity contribution in [1.82, 2.24) is 4.67 Å². The minimum Gasteiger partial charge on any atom is -0.296 e. The molecule has 1 fully saturated rings. The monoisotopic (exact) mass is 285 g/mol. The van der Waals surface area contributed by atoms with Gasteiger partial charge in [-0.25, -0.2) is 4.67 Å². The first-order valence-corrected chi connectivity index (χ1v) is 8.91. The van der Waals surface area contributed by atoms with Crippen LogP contribution in [0.25, 0.3) is 0 Å². The van der Waals surface area contributed by atoms with Crippen molar-refractivity contribution < 1.29 is 4.57 Å². The number of benzene rings is 2. The largest absolute Gasteiger partial charge is 0.296 e. The summed E-state index contributed by atoms with van der Waals surface area (Å²) in [5, 5.41) is 1.90. The summed E-state index contributed by atoms with van der Waals surface area (Å²) in [4.78, 5) is 0. The molecule has 0 saturated carbocycles. The van der Waals surface area contributed by atoms with Crippen LogP contribution in [-0.2, 0) is 4.57 Å². The van der Waals surface area contributed by atoms with E-state index in [1.54, 1.807) is 0 Å². The quantitative estimate of drug-likeness (QED) is 0.620. The highest BCUT2D eigenvalue weighted by Gasteiger charge is 2.48. The predicted molar refractivity (Wildman–Crippen MR) is 85.2 cm³/mol. The molecule has 1 aliphatic heterocycles. The van der Waals surface area contributed by atoms with E-state index in [1.165, 1.54) is 0 Å². The molecule has 0 amide bonds. The summed E-state index contributed by atoms with van der Waals surface area (Å²) in [6, 6.07) is 20.3. The molecule has 1 saturated heterocycles. The second-order valence-electron chi connectivity index (χ2n) is 5.31.